The van der Waals surface area contributed by atoms with Crippen LogP contribution in [0.3, 0.4) is 0 Å². The minimum Gasteiger partial charge on any atom is -0.0766 e. The fraction of sp³-hybridized carbons (Fsp3) is 0.375. The Morgan fingerprint density at radius 3 is 2.38 bits per heavy atom. The molecule has 0 bridgehead atoms. The van der Waals surface area contributed by atoms with Crippen LogP contribution in [-0.2, 0) is 6.42 Å². The van der Waals surface area contributed by atoms with Crippen molar-refractivity contribution >= 4 is 17.7 Å². The van der Waals surface area contributed by atoms with Crippen molar-refractivity contribution in [2.45, 2.75) is 34.1 Å². The van der Waals surface area contributed by atoms with Crippen molar-refractivity contribution in [2.24, 2.45) is 5.92 Å². The summed E-state index contributed by atoms with van der Waals surface area (Å²) in [6.45, 7) is 8.45. The van der Waals surface area contributed by atoms with E-state index in [2.05, 4.69) is 44.2 Å². The molecule has 16 heavy (non-hydrogen) atoms. The van der Waals surface area contributed by atoms with Crippen LogP contribution in [0, 0.1) is 5.92 Å². The van der Waals surface area contributed by atoms with Crippen molar-refractivity contribution in [3.05, 3.63) is 39.8 Å². The number of benzene rings is 1. The Morgan fingerprint density at radius 2 is 1.69 bits per heavy atom. The van der Waals surface area contributed by atoms with Crippen molar-refractivity contribution in [1.82, 2.24) is 0 Å². The van der Waals surface area contributed by atoms with E-state index in [0.29, 0.717) is 5.92 Å². The second kappa shape index (κ2) is 4.29. The van der Waals surface area contributed by atoms with Crippen molar-refractivity contribution in [3.8, 4) is 0 Å². The molecule has 0 nitrogen and oxygen atoms in total. The van der Waals surface area contributed by atoms with E-state index in [1.54, 1.807) is 0 Å². The van der Waals surface area contributed by atoms with Crippen LogP contribution in [0.4, 0.5) is 0 Å². The first-order valence-corrected chi connectivity index (χ1v) is 6.28. The summed E-state index contributed by atoms with van der Waals surface area (Å²) in [6, 6.07) is 4.71. The standard InChI is InChI=1S/C14H14.C2H6/c1-9-5-12-7-11-4-3-10(2)14(11)8-13(12)6-9;1-2/h3,5-9H,4H2,1-2H3;1-2H3. The highest BCUT2D eigenvalue weighted by Crippen LogP contribution is 2.24. The molecule has 0 heterocycles. The SMILES string of the molecule is CC.CC1=CCc2cc3c(cc21)=CC(C)C=3. The molecular weight excluding hydrogens is 192 g/mol. The molecular formula is C16H20. The summed E-state index contributed by atoms with van der Waals surface area (Å²) in [5.41, 5.74) is 4.40. The summed E-state index contributed by atoms with van der Waals surface area (Å²) in [5.74, 6) is 0.608. The highest BCUT2D eigenvalue weighted by molar-refractivity contribution is 5.72. The van der Waals surface area contributed by atoms with Crippen molar-refractivity contribution < 1.29 is 0 Å². The summed E-state index contributed by atoms with van der Waals surface area (Å²) in [7, 11) is 0. The molecule has 3 rings (SSSR count). The molecule has 84 valence electrons. The van der Waals surface area contributed by atoms with Gasteiger partial charge in [0.25, 0.3) is 0 Å². The topological polar surface area (TPSA) is 0 Å². The Hall–Kier alpha value is -1.30. The van der Waals surface area contributed by atoms with Gasteiger partial charge in [-0.15, -0.1) is 0 Å². The van der Waals surface area contributed by atoms with Gasteiger partial charge in [-0.1, -0.05) is 45.1 Å². The summed E-state index contributed by atoms with van der Waals surface area (Å²) < 4.78 is 0. The van der Waals surface area contributed by atoms with Crippen molar-refractivity contribution in [3.63, 3.8) is 0 Å². The lowest BCUT2D eigenvalue weighted by atomic mass is 10.0. The van der Waals surface area contributed by atoms with E-state index in [4.69, 9.17) is 0 Å². The fourth-order valence-corrected chi connectivity index (χ4v) is 2.49. The highest BCUT2D eigenvalue weighted by Gasteiger charge is 2.12. The van der Waals surface area contributed by atoms with Crippen LogP contribution in [0.5, 0.6) is 0 Å². The summed E-state index contributed by atoms with van der Waals surface area (Å²) in [4.78, 5) is 0. The van der Waals surface area contributed by atoms with Gasteiger partial charge in [0.05, 0.1) is 0 Å². The molecule has 1 unspecified atom stereocenters. The van der Waals surface area contributed by atoms with Gasteiger partial charge in [0.1, 0.15) is 0 Å². The van der Waals surface area contributed by atoms with Crippen molar-refractivity contribution in [1.29, 1.82) is 0 Å². The predicted octanol–water partition coefficient (Wildman–Crippen LogP) is 2.88. The minimum absolute atomic E-state index is 0.608. The van der Waals surface area contributed by atoms with Gasteiger partial charge in [-0.25, -0.2) is 0 Å². The number of rotatable bonds is 0. The Kier molecular flexibility index (Phi) is 3.00. The van der Waals surface area contributed by atoms with Gasteiger partial charge in [0, 0.05) is 0 Å². The predicted molar refractivity (Wildman–Crippen MR) is 72.5 cm³/mol. The maximum Gasteiger partial charge on any atom is -0.00635 e. The first kappa shape index (κ1) is 11.2. The highest BCUT2D eigenvalue weighted by atomic mass is 14.2. The summed E-state index contributed by atoms with van der Waals surface area (Å²) >= 11 is 0. The van der Waals surface area contributed by atoms with E-state index < -0.39 is 0 Å². The molecule has 0 heteroatoms. The average molecular weight is 212 g/mol. The van der Waals surface area contributed by atoms with E-state index in [1.807, 2.05) is 13.8 Å². The number of fused-ring (bicyclic) bond motifs is 2. The van der Waals surface area contributed by atoms with E-state index in [9.17, 15) is 0 Å². The lowest BCUT2D eigenvalue weighted by Gasteiger charge is -2.00. The number of hydrogen-bond donors (Lipinski definition) is 0. The van der Waals surface area contributed by atoms with Gasteiger partial charge < -0.3 is 0 Å². The van der Waals surface area contributed by atoms with Crippen LogP contribution in [0.25, 0.3) is 17.7 Å². The van der Waals surface area contributed by atoms with Gasteiger partial charge in [-0.2, -0.15) is 0 Å². The van der Waals surface area contributed by atoms with Gasteiger partial charge in [0.2, 0.25) is 0 Å². The van der Waals surface area contributed by atoms with E-state index >= 15 is 0 Å². The molecule has 0 N–H and O–H groups in total. The zero-order chi connectivity index (χ0) is 11.7. The smallest absolute Gasteiger partial charge is 0.00635 e. The zero-order valence-electron chi connectivity index (χ0n) is 10.7. The largest absolute Gasteiger partial charge is 0.0766 e. The molecule has 0 saturated carbocycles. The molecule has 0 spiro atoms. The molecule has 0 amide bonds. The van der Waals surface area contributed by atoms with E-state index in [1.165, 1.54) is 27.1 Å². The van der Waals surface area contributed by atoms with Gasteiger partial charge in [-0.05, 0) is 52.5 Å². The Bertz CT molecular complexity index is 544. The second-order valence-corrected chi connectivity index (χ2v) is 4.42. The summed E-state index contributed by atoms with van der Waals surface area (Å²) in [5, 5.41) is 2.85. The molecule has 0 fully saturated rings. The Morgan fingerprint density at radius 1 is 1.06 bits per heavy atom. The van der Waals surface area contributed by atoms with Crippen LogP contribution in [-0.4, -0.2) is 0 Å². The monoisotopic (exact) mass is 212 g/mol. The van der Waals surface area contributed by atoms with Crippen LogP contribution in [0.1, 0.15) is 38.8 Å². The Balaban J connectivity index is 0.000000457. The zero-order valence-corrected chi connectivity index (χ0v) is 10.7. The number of allylic oxidation sites excluding steroid dienone is 2. The molecule has 2 aliphatic rings. The third-order valence-corrected chi connectivity index (χ3v) is 3.25. The lowest BCUT2D eigenvalue weighted by Crippen LogP contribution is -2.22. The normalized spacial score (nSPS) is 19.8. The van der Waals surface area contributed by atoms with E-state index in [0.717, 1.165) is 6.42 Å². The third kappa shape index (κ3) is 1.73. The van der Waals surface area contributed by atoms with Gasteiger partial charge in [-0.3, -0.25) is 0 Å². The first-order valence-electron chi connectivity index (χ1n) is 6.28. The van der Waals surface area contributed by atoms with Crippen LogP contribution in [0.2, 0.25) is 0 Å². The van der Waals surface area contributed by atoms with Crippen LogP contribution in [0.15, 0.2) is 18.2 Å². The molecule has 1 aromatic rings. The third-order valence-electron chi connectivity index (χ3n) is 3.25. The molecule has 0 saturated heterocycles. The molecule has 0 aliphatic heterocycles. The second-order valence-electron chi connectivity index (χ2n) is 4.42. The molecule has 1 atom stereocenters. The van der Waals surface area contributed by atoms with Gasteiger partial charge >= 0.3 is 0 Å². The molecule has 1 aromatic carbocycles. The number of hydrogen-bond acceptors (Lipinski definition) is 0. The van der Waals surface area contributed by atoms with Gasteiger partial charge in [0.15, 0.2) is 0 Å². The summed E-state index contributed by atoms with van der Waals surface area (Å²) in [6.07, 6.45) is 8.14. The maximum atomic E-state index is 2.36. The van der Waals surface area contributed by atoms with Crippen LogP contribution >= 0.6 is 0 Å². The first-order chi connectivity index (χ1) is 7.74. The van der Waals surface area contributed by atoms with Crippen molar-refractivity contribution in [2.75, 3.05) is 0 Å². The Labute approximate surface area is 98.0 Å². The lowest BCUT2D eigenvalue weighted by molar-refractivity contribution is 1.07. The quantitative estimate of drug-likeness (QED) is 0.620. The molecule has 2 aliphatic carbocycles. The maximum absolute atomic E-state index is 2.36. The minimum atomic E-state index is 0.608. The molecule has 0 aromatic heterocycles. The average Bonchev–Trinajstić information content (AvgIpc) is 2.81. The fourth-order valence-electron chi connectivity index (χ4n) is 2.49. The molecule has 0 radical (unpaired) electrons. The van der Waals surface area contributed by atoms with E-state index in [-0.39, 0.29) is 0 Å². The van der Waals surface area contributed by atoms with Crippen LogP contribution < -0.4 is 10.4 Å².